The Bertz CT molecular complexity index is 729. The maximum Gasteiger partial charge on any atom is 0.227 e. The number of carbonyl (C=O) groups is 1. The summed E-state index contributed by atoms with van der Waals surface area (Å²) in [6.45, 7) is 5.66. The second-order valence-corrected chi connectivity index (χ2v) is 6.94. The molecule has 1 unspecified atom stereocenters. The number of hydrogen-bond acceptors (Lipinski definition) is 4. The lowest BCUT2D eigenvalue weighted by Gasteiger charge is -2.42. The molecule has 0 saturated carbocycles. The van der Waals surface area contributed by atoms with Crippen molar-refractivity contribution in [1.29, 1.82) is 0 Å². The third-order valence-electron chi connectivity index (χ3n) is 4.19. The summed E-state index contributed by atoms with van der Waals surface area (Å²) in [7, 11) is 1.65. The molecule has 0 N–H and O–H groups in total. The summed E-state index contributed by atoms with van der Waals surface area (Å²) in [5.74, 6) is 0.101. The van der Waals surface area contributed by atoms with Gasteiger partial charge in [-0.3, -0.25) is 9.78 Å². The normalized spacial score (nSPS) is 20.3. The lowest BCUT2D eigenvalue weighted by atomic mass is 10.0. The van der Waals surface area contributed by atoms with Crippen LogP contribution < -0.4 is 0 Å². The van der Waals surface area contributed by atoms with Crippen LogP contribution in [-0.2, 0) is 20.7 Å². The first-order valence-corrected chi connectivity index (χ1v) is 8.25. The highest BCUT2D eigenvalue weighted by Crippen LogP contribution is 2.22. The third kappa shape index (κ3) is 3.91. The smallest absolute Gasteiger partial charge is 0.227 e. The van der Waals surface area contributed by atoms with Crippen LogP contribution in [-0.4, -0.2) is 54.3 Å². The first kappa shape index (κ1) is 16.9. The number of para-hydroxylation sites is 1. The van der Waals surface area contributed by atoms with Crippen molar-refractivity contribution in [3.63, 3.8) is 0 Å². The molecule has 0 radical (unpaired) electrons. The minimum absolute atomic E-state index is 0.0857. The molecule has 1 aromatic heterocycles. The highest BCUT2D eigenvalue weighted by molar-refractivity contribution is 5.82. The van der Waals surface area contributed by atoms with Crippen molar-refractivity contribution >= 4 is 16.8 Å². The van der Waals surface area contributed by atoms with E-state index in [1.165, 1.54) is 0 Å². The maximum absolute atomic E-state index is 12.7. The van der Waals surface area contributed by atoms with Crippen molar-refractivity contribution in [3.8, 4) is 0 Å². The van der Waals surface area contributed by atoms with Gasteiger partial charge in [-0.15, -0.1) is 0 Å². The van der Waals surface area contributed by atoms with Crippen molar-refractivity contribution in [1.82, 2.24) is 9.88 Å². The maximum atomic E-state index is 12.7. The van der Waals surface area contributed by atoms with Gasteiger partial charge in [0.1, 0.15) is 0 Å². The Labute approximate surface area is 142 Å². The van der Waals surface area contributed by atoms with E-state index in [1.807, 2.05) is 49.1 Å². The molecule has 2 aromatic rings. The molecule has 5 heteroatoms. The molecule has 0 aliphatic carbocycles. The summed E-state index contributed by atoms with van der Waals surface area (Å²) in [5.41, 5.74) is 1.52. The molecule has 1 atom stereocenters. The fraction of sp³-hybridized carbons (Fsp3) is 0.474. The van der Waals surface area contributed by atoms with E-state index in [-0.39, 0.29) is 17.6 Å². The van der Waals surface area contributed by atoms with Crippen molar-refractivity contribution in [2.24, 2.45) is 0 Å². The topological polar surface area (TPSA) is 51.7 Å². The molecule has 128 valence electrons. The molecule has 0 spiro atoms. The van der Waals surface area contributed by atoms with Crippen molar-refractivity contribution in [3.05, 3.63) is 42.1 Å². The van der Waals surface area contributed by atoms with Gasteiger partial charge in [0.15, 0.2) is 0 Å². The second-order valence-electron chi connectivity index (χ2n) is 6.94. The molecular formula is C19H24N2O3. The van der Waals surface area contributed by atoms with E-state index in [1.54, 1.807) is 13.3 Å². The number of methoxy groups -OCH3 is 1. The lowest BCUT2D eigenvalue weighted by molar-refractivity contribution is -0.168. The highest BCUT2D eigenvalue weighted by atomic mass is 16.5. The number of benzene rings is 1. The van der Waals surface area contributed by atoms with E-state index in [4.69, 9.17) is 9.47 Å². The van der Waals surface area contributed by atoms with E-state index >= 15 is 0 Å². The molecule has 2 heterocycles. The highest BCUT2D eigenvalue weighted by Gasteiger charge is 2.35. The number of carbonyl (C=O) groups excluding carboxylic acids is 1. The Morgan fingerprint density at radius 3 is 3.00 bits per heavy atom. The lowest BCUT2D eigenvalue weighted by Crippen LogP contribution is -2.56. The number of ether oxygens (including phenoxy) is 2. The molecule has 3 rings (SSSR count). The summed E-state index contributed by atoms with van der Waals surface area (Å²) in [5, 5.41) is 1.06. The number of amides is 1. The standard InChI is InChI=1S/C19H24N2O3/c1-19(2)13-21(11-16(24-19)12-23-3)18(22)9-14-8-15-6-4-5-7-17(15)20-10-14/h4-8,10,16H,9,11-13H2,1-3H3. The molecule has 1 aromatic carbocycles. The van der Waals surface area contributed by atoms with Gasteiger partial charge in [-0.2, -0.15) is 0 Å². The van der Waals surface area contributed by atoms with Gasteiger partial charge in [0, 0.05) is 31.8 Å². The van der Waals surface area contributed by atoms with Gasteiger partial charge in [-0.05, 0) is 31.5 Å². The largest absolute Gasteiger partial charge is 0.382 e. The van der Waals surface area contributed by atoms with Crippen LogP contribution >= 0.6 is 0 Å². The van der Waals surface area contributed by atoms with Crippen LogP contribution in [0.2, 0.25) is 0 Å². The zero-order valence-corrected chi connectivity index (χ0v) is 14.5. The van der Waals surface area contributed by atoms with Gasteiger partial charge < -0.3 is 14.4 Å². The van der Waals surface area contributed by atoms with Crippen LogP contribution in [0.15, 0.2) is 36.5 Å². The molecule has 1 amide bonds. The summed E-state index contributed by atoms with van der Waals surface area (Å²) in [6, 6.07) is 9.98. The first-order chi connectivity index (χ1) is 11.5. The quantitative estimate of drug-likeness (QED) is 0.865. The van der Waals surface area contributed by atoms with Crippen molar-refractivity contribution in [2.75, 3.05) is 26.8 Å². The molecular weight excluding hydrogens is 304 g/mol. The second kappa shape index (κ2) is 6.87. The summed E-state index contributed by atoms with van der Waals surface area (Å²) < 4.78 is 11.2. The minimum atomic E-state index is -0.362. The molecule has 1 aliphatic rings. The number of nitrogens with zero attached hydrogens (tertiary/aromatic N) is 2. The summed E-state index contributed by atoms with van der Waals surface area (Å²) in [4.78, 5) is 19.1. The third-order valence-corrected chi connectivity index (χ3v) is 4.19. The molecule has 1 saturated heterocycles. The Kier molecular flexibility index (Phi) is 4.83. The molecule has 1 aliphatic heterocycles. The summed E-state index contributed by atoms with van der Waals surface area (Å²) >= 11 is 0. The molecule has 5 nitrogen and oxygen atoms in total. The average Bonchev–Trinajstić information content (AvgIpc) is 2.53. The Morgan fingerprint density at radius 2 is 2.21 bits per heavy atom. The predicted octanol–water partition coefficient (Wildman–Crippen LogP) is 2.43. The van der Waals surface area contributed by atoms with Crippen LogP contribution in [0, 0.1) is 0 Å². The van der Waals surface area contributed by atoms with Gasteiger partial charge in [0.25, 0.3) is 0 Å². The fourth-order valence-electron chi connectivity index (χ4n) is 3.26. The van der Waals surface area contributed by atoms with E-state index in [0.717, 1.165) is 16.5 Å². The first-order valence-electron chi connectivity index (χ1n) is 8.25. The summed E-state index contributed by atoms with van der Waals surface area (Å²) in [6.07, 6.45) is 2.06. The van der Waals surface area contributed by atoms with Crippen LogP contribution in [0.1, 0.15) is 19.4 Å². The fourth-order valence-corrected chi connectivity index (χ4v) is 3.26. The van der Waals surface area contributed by atoms with Gasteiger partial charge >= 0.3 is 0 Å². The van der Waals surface area contributed by atoms with Crippen LogP contribution in [0.5, 0.6) is 0 Å². The Hall–Kier alpha value is -1.98. The predicted molar refractivity (Wildman–Crippen MR) is 92.9 cm³/mol. The number of fused-ring (bicyclic) bond motifs is 1. The minimum Gasteiger partial charge on any atom is -0.382 e. The van der Waals surface area contributed by atoms with Crippen molar-refractivity contribution < 1.29 is 14.3 Å². The van der Waals surface area contributed by atoms with E-state index in [0.29, 0.717) is 26.1 Å². The average molecular weight is 328 g/mol. The van der Waals surface area contributed by atoms with Gasteiger partial charge in [0.2, 0.25) is 5.91 Å². The number of pyridine rings is 1. The van der Waals surface area contributed by atoms with Crippen molar-refractivity contribution in [2.45, 2.75) is 32.0 Å². The zero-order chi connectivity index (χ0) is 17.2. The molecule has 24 heavy (non-hydrogen) atoms. The monoisotopic (exact) mass is 328 g/mol. The molecule has 1 fully saturated rings. The van der Waals surface area contributed by atoms with Crippen LogP contribution in [0.4, 0.5) is 0 Å². The van der Waals surface area contributed by atoms with Gasteiger partial charge in [0.05, 0.1) is 30.2 Å². The van der Waals surface area contributed by atoms with Gasteiger partial charge in [-0.25, -0.2) is 0 Å². The number of morpholine rings is 1. The number of hydrogen-bond donors (Lipinski definition) is 0. The SMILES string of the molecule is COCC1CN(C(=O)Cc2cnc3ccccc3c2)CC(C)(C)O1. The Balaban J connectivity index is 1.72. The molecule has 0 bridgehead atoms. The van der Waals surface area contributed by atoms with E-state index in [9.17, 15) is 4.79 Å². The van der Waals surface area contributed by atoms with Crippen LogP contribution in [0.25, 0.3) is 10.9 Å². The number of aromatic nitrogens is 1. The van der Waals surface area contributed by atoms with Gasteiger partial charge in [-0.1, -0.05) is 18.2 Å². The van der Waals surface area contributed by atoms with E-state index < -0.39 is 0 Å². The zero-order valence-electron chi connectivity index (χ0n) is 14.5. The van der Waals surface area contributed by atoms with Crippen LogP contribution in [0.3, 0.4) is 0 Å². The Morgan fingerprint density at radius 1 is 1.42 bits per heavy atom. The van der Waals surface area contributed by atoms with E-state index in [2.05, 4.69) is 4.98 Å². The number of rotatable bonds is 4.